The second kappa shape index (κ2) is 7.31. The van der Waals surface area contributed by atoms with Crippen LogP contribution in [0.25, 0.3) is 11.0 Å². The van der Waals surface area contributed by atoms with E-state index >= 15 is 0 Å². The Hall–Kier alpha value is -3.28. The predicted octanol–water partition coefficient (Wildman–Crippen LogP) is 3.83. The van der Waals surface area contributed by atoms with E-state index in [2.05, 4.69) is 10.6 Å². The molecule has 0 unspecified atom stereocenters. The number of carbonyl (C=O) groups is 2. The van der Waals surface area contributed by atoms with E-state index in [9.17, 15) is 9.59 Å². The molecule has 0 fully saturated rings. The molecule has 6 nitrogen and oxygen atoms in total. The highest BCUT2D eigenvalue weighted by atomic mass is 16.5. The number of carbonyl (C=O) groups excluding carboxylic acids is 2. The second-order valence-electron chi connectivity index (χ2n) is 6.12. The summed E-state index contributed by atoms with van der Waals surface area (Å²) in [6.07, 6.45) is 0. The highest BCUT2D eigenvalue weighted by molar-refractivity contribution is 6.09. The molecule has 0 atom stereocenters. The fourth-order valence-corrected chi connectivity index (χ4v) is 2.62. The molecule has 0 spiro atoms. The Morgan fingerprint density at radius 2 is 1.81 bits per heavy atom. The van der Waals surface area contributed by atoms with Crippen molar-refractivity contribution in [3.63, 3.8) is 0 Å². The first kappa shape index (κ1) is 17.5. The van der Waals surface area contributed by atoms with E-state index < -0.39 is 5.91 Å². The molecule has 3 aromatic rings. The van der Waals surface area contributed by atoms with Crippen molar-refractivity contribution >= 4 is 28.5 Å². The Morgan fingerprint density at radius 1 is 1.04 bits per heavy atom. The minimum absolute atomic E-state index is 0.00547. The zero-order valence-corrected chi connectivity index (χ0v) is 14.8. The minimum atomic E-state index is -0.437. The van der Waals surface area contributed by atoms with Crippen molar-refractivity contribution in [3.8, 4) is 5.75 Å². The number of anilines is 1. The molecule has 0 bridgehead atoms. The van der Waals surface area contributed by atoms with Gasteiger partial charge in [-0.3, -0.25) is 9.59 Å². The van der Waals surface area contributed by atoms with Crippen molar-refractivity contribution in [1.82, 2.24) is 5.32 Å². The predicted molar refractivity (Wildman–Crippen MR) is 99.8 cm³/mol. The van der Waals surface area contributed by atoms with Crippen molar-refractivity contribution in [2.75, 3.05) is 12.4 Å². The number of benzene rings is 2. The van der Waals surface area contributed by atoms with Gasteiger partial charge in [-0.05, 0) is 38.1 Å². The molecule has 0 saturated carbocycles. The van der Waals surface area contributed by atoms with E-state index in [1.807, 2.05) is 26.0 Å². The summed E-state index contributed by atoms with van der Waals surface area (Å²) in [6.45, 7) is 3.75. The summed E-state index contributed by atoms with van der Waals surface area (Å²) in [7, 11) is 1.54. The third-order valence-electron chi connectivity index (χ3n) is 3.79. The Labute approximate surface area is 151 Å². The highest BCUT2D eigenvalue weighted by Crippen LogP contribution is 2.29. The van der Waals surface area contributed by atoms with Crippen LogP contribution in [-0.2, 0) is 0 Å². The maximum atomic E-state index is 12.6. The van der Waals surface area contributed by atoms with Gasteiger partial charge in [-0.1, -0.05) is 24.3 Å². The third kappa shape index (κ3) is 3.54. The first-order valence-electron chi connectivity index (χ1n) is 8.27. The molecule has 2 aromatic carbocycles. The summed E-state index contributed by atoms with van der Waals surface area (Å²) in [4.78, 5) is 24.9. The molecule has 6 heteroatoms. The molecule has 0 saturated heterocycles. The van der Waals surface area contributed by atoms with Crippen LogP contribution < -0.4 is 15.4 Å². The van der Waals surface area contributed by atoms with Crippen LogP contribution in [0.4, 0.5) is 5.69 Å². The second-order valence-corrected chi connectivity index (χ2v) is 6.12. The van der Waals surface area contributed by atoms with Crippen LogP contribution in [0.5, 0.6) is 5.75 Å². The zero-order valence-electron chi connectivity index (χ0n) is 14.8. The van der Waals surface area contributed by atoms with E-state index in [0.29, 0.717) is 22.6 Å². The van der Waals surface area contributed by atoms with Gasteiger partial charge in [0.25, 0.3) is 11.8 Å². The largest absolute Gasteiger partial charge is 0.493 e. The van der Waals surface area contributed by atoms with Crippen LogP contribution >= 0.6 is 0 Å². The number of fused-ring (bicyclic) bond motifs is 1. The average Bonchev–Trinajstić information content (AvgIpc) is 3.06. The molecule has 1 aromatic heterocycles. The van der Waals surface area contributed by atoms with E-state index in [1.54, 1.807) is 43.5 Å². The quantitative estimate of drug-likeness (QED) is 0.731. The van der Waals surface area contributed by atoms with Gasteiger partial charge in [-0.25, -0.2) is 0 Å². The van der Waals surface area contributed by atoms with E-state index in [1.165, 1.54) is 0 Å². The topological polar surface area (TPSA) is 80.6 Å². The molecule has 0 aliphatic heterocycles. The van der Waals surface area contributed by atoms with Crippen molar-refractivity contribution in [2.24, 2.45) is 0 Å². The summed E-state index contributed by atoms with van der Waals surface area (Å²) < 4.78 is 10.9. The first-order valence-corrected chi connectivity index (χ1v) is 8.27. The maximum absolute atomic E-state index is 12.6. The number of hydrogen-bond donors (Lipinski definition) is 2. The van der Waals surface area contributed by atoms with Crippen LogP contribution in [0.3, 0.4) is 0 Å². The third-order valence-corrected chi connectivity index (χ3v) is 3.79. The number of methoxy groups -OCH3 is 1. The monoisotopic (exact) mass is 352 g/mol. The summed E-state index contributed by atoms with van der Waals surface area (Å²) >= 11 is 0. The van der Waals surface area contributed by atoms with Crippen LogP contribution in [-0.4, -0.2) is 25.0 Å². The Kier molecular flexibility index (Phi) is 4.93. The van der Waals surface area contributed by atoms with Crippen molar-refractivity contribution < 1.29 is 18.7 Å². The molecule has 2 amide bonds. The average molecular weight is 352 g/mol. The molecule has 2 N–H and O–H groups in total. The molecule has 26 heavy (non-hydrogen) atoms. The number of amides is 2. The van der Waals surface area contributed by atoms with Gasteiger partial charge in [0.05, 0.1) is 18.4 Å². The molecule has 0 aliphatic carbocycles. The van der Waals surface area contributed by atoms with Crippen molar-refractivity contribution in [1.29, 1.82) is 0 Å². The molecule has 0 aliphatic rings. The van der Waals surface area contributed by atoms with Crippen LogP contribution in [0.15, 0.2) is 52.9 Å². The van der Waals surface area contributed by atoms with Gasteiger partial charge in [0.2, 0.25) is 0 Å². The van der Waals surface area contributed by atoms with Gasteiger partial charge in [0, 0.05) is 11.4 Å². The van der Waals surface area contributed by atoms with Crippen molar-refractivity contribution in [2.45, 2.75) is 19.9 Å². The lowest BCUT2D eigenvalue weighted by molar-refractivity contribution is 0.0944. The smallest absolute Gasteiger partial charge is 0.291 e. The molecule has 1 heterocycles. The fourth-order valence-electron chi connectivity index (χ4n) is 2.62. The Balaban J connectivity index is 1.88. The molecular formula is C20H20N2O4. The number of furan rings is 1. The maximum Gasteiger partial charge on any atom is 0.291 e. The van der Waals surface area contributed by atoms with Crippen LogP contribution in [0.2, 0.25) is 0 Å². The number of nitrogens with one attached hydrogen (secondary N) is 2. The summed E-state index contributed by atoms with van der Waals surface area (Å²) in [5.74, 6) is 0.0112. The van der Waals surface area contributed by atoms with Crippen LogP contribution in [0.1, 0.15) is 34.8 Å². The zero-order chi connectivity index (χ0) is 18.7. The fraction of sp³-hybridized carbons (Fsp3) is 0.200. The Bertz CT molecular complexity index is 959. The summed E-state index contributed by atoms with van der Waals surface area (Å²) in [5, 5.41) is 6.33. The van der Waals surface area contributed by atoms with Gasteiger partial charge >= 0.3 is 0 Å². The Morgan fingerprint density at radius 3 is 2.54 bits per heavy atom. The molecule has 0 radical (unpaired) electrons. The standard InChI is InChI=1S/C20H20N2O4/c1-12(2)21-19(23)14-8-4-5-9-15(14)22-20(24)17-11-13-7-6-10-16(25-3)18(13)26-17/h4-12H,1-3H3,(H,21,23)(H,22,24). The number of ether oxygens (including phenoxy) is 1. The van der Waals surface area contributed by atoms with E-state index in [-0.39, 0.29) is 17.7 Å². The van der Waals surface area contributed by atoms with E-state index in [0.717, 1.165) is 5.39 Å². The lowest BCUT2D eigenvalue weighted by Gasteiger charge is -2.12. The van der Waals surface area contributed by atoms with Gasteiger partial charge in [-0.2, -0.15) is 0 Å². The van der Waals surface area contributed by atoms with E-state index in [4.69, 9.17) is 9.15 Å². The van der Waals surface area contributed by atoms with Crippen molar-refractivity contribution in [3.05, 3.63) is 59.9 Å². The lowest BCUT2D eigenvalue weighted by atomic mass is 10.1. The number of rotatable bonds is 5. The summed E-state index contributed by atoms with van der Waals surface area (Å²) in [6, 6.07) is 13.9. The first-order chi connectivity index (χ1) is 12.5. The van der Waals surface area contributed by atoms with Gasteiger partial charge in [0.1, 0.15) is 0 Å². The SMILES string of the molecule is COc1cccc2cc(C(=O)Nc3ccccc3C(=O)NC(C)C)oc12. The number of hydrogen-bond acceptors (Lipinski definition) is 4. The van der Waals surface area contributed by atoms with Crippen LogP contribution in [0, 0.1) is 0 Å². The number of para-hydroxylation sites is 2. The molecular weight excluding hydrogens is 332 g/mol. The van der Waals surface area contributed by atoms with Gasteiger partial charge in [0.15, 0.2) is 17.1 Å². The minimum Gasteiger partial charge on any atom is -0.493 e. The lowest BCUT2D eigenvalue weighted by Crippen LogP contribution is -2.31. The van der Waals surface area contributed by atoms with Gasteiger partial charge in [-0.15, -0.1) is 0 Å². The summed E-state index contributed by atoms with van der Waals surface area (Å²) in [5.41, 5.74) is 1.32. The normalized spacial score (nSPS) is 10.8. The molecule has 3 rings (SSSR count). The molecule has 134 valence electrons. The van der Waals surface area contributed by atoms with Gasteiger partial charge < -0.3 is 19.8 Å². The highest BCUT2D eigenvalue weighted by Gasteiger charge is 2.18.